The number of benzene rings is 2. The number of hydrogen-bond donors (Lipinski definition) is 0. The lowest BCUT2D eigenvalue weighted by Gasteiger charge is -2.05. The minimum atomic E-state index is -0.444. The lowest BCUT2D eigenvalue weighted by molar-refractivity contribution is -0.384. The van der Waals surface area contributed by atoms with E-state index in [0.717, 1.165) is 16.0 Å². The van der Waals surface area contributed by atoms with Gasteiger partial charge >= 0.3 is 0 Å². The molecule has 0 amide bonds. The number of nitro groups is 1. The SMILES string of the molecule is O=c1c2sc(-c3ccccc3)cc2ncn1Cc1ccc([N+](=O)[O-])cc1. The maximum atomic E-state index is 12.8. The smallest absolute Gasteiger partial charge is 0.271 e. The molecular weight excluding hydrogens is 350 g/mol. The Balaban J connectivity index is 1.69. The number of fused-ring (bicyclic) bond motifs is 1. The zero-order valence-electron chi connectivity index (χ0n) is 13.5. The molecule has 0 aliphatic rings. The van der Waals surface area contributed by atoms with Gasteiger partial charge in [-0.15, -0.1) is 11.3 Å². The van der Waals surface area contributed by atoms with E-state index < -0.39 is 4.92 Å². The third-order valence-electron chi connectivity index (χ3n) is 4.06. The van der Waals surface area contributed by atoms with Crippen LogP contribution in [-0.4, -0.2) is 14.5 Å². The number of hydrogen-bond acceptors (Lipinski definition) is 5. The molecule has 0 saturated heterocycles. The molecule has 7 heteroatoms. The molecule has 6 nitrogen and oxygen atoms in total. The van der Waals surface area contributed by atoms with Crippen LogP contribution in [0.4, 0.5) is 5.69 Å². The van der Waals surface area contributed by atoms with Gasteiger partial charge in [-0.05, 0) is 17.2 Å². The van der Waals surface area contributed by atoms with Crippen molar-refractivity contribution in [2.45, 2.75) is 6.54 Å². The number of thiophene rings is 1. The van der Waals surface area contributed by atoms with Crippen LogP contribution in [-0.2, 0) is 6.54 Å². The first-order chi connectivity index (χ1) is 12.6. The van der Waals surface area contributed by atoms with Crippen LogP contribution >= 0.6 is 11.3 Å². The van der Waals surface area contributed by atoms with E-state index in [1.54, 1.807) is 12.1 Å². The van der Waals surface area contributed by atoms with E-state index in [1.807, 2.05) is 36.4 Å². The molecule has 0 unspecified atom stereocenters. The standard InChI is InChI=1S/C19H13N3O3S/c23-19-18-16(10-17(26-18)14-4-2-1-3-5-14)20-12-21(19)11-13-6-8-15(9-7-13)22(24)25/h1-10,12H,11H2. The summed E-state index contributed by atoms with van der Waals surface area (Å²) in [5.41, 5.74) is 2.45. The van der Waals surface area contributed by atoms with Crippen LogP contribution in [0.25, 0.3) is 20.7 Å². The highest BCUT2D eigenvalue weighted by Gasteiger charge is 2.11. The van der Waals surface area contributed by atoms with Crippen LogP contribution in [0.5, 0.6) is 0 Å². The Kier molecular flexibility index (Phi) is 4.06. The number of non-ortho nitro benzene ring substituents is 1. The molecule has 0 radical (unpaired) electrons. The summed E-state index contributed by atoms with van der Waals surface area (Å²) >= 11 is 1.42. The van der Waals surface area contributed by atoms with Crippen LogP contribution in [0.2, 0.25) is 0 Å². The van der Waals surface area contributed by atoms with Crippen molar-refractivity contribution >= 4 is 27.2 Å². The molecule has 0 spiro atoms. The van der Waals surface area contributed by atoms with Crippen molar-refractivity contribution in [3.05, 3.63) is 93.0 Å². The summed E-state index contributed by atoms with van der Waals surface area (Å²) in [5.74, 6) is 0. The molecule has 0 atom stereocenters. The van der Waals surface area contributed by atoms with Crippen molar-refractivity contribution in [3.63, 3.8) is 0 Å². The Morgan fingerprint density at radius 1 is 1.08 bits per heavy atom. The summed E-state index contributed by atoms with van der Waals surface area (Å²) in [7, 11) is 0. The lowest BCUT2D eigenvalue weighted by Crippen LogP contribution is -2.20. The molecule has 2 heterocycles. The number of nitro benzene ring substituents is 1. The van der Waals surface area contributed by atoms with Gasteiger partial charge in [0.1, 0.15) is 4.70 Å². The first kappa shape index (κ1) is 16.2. The fourth-order valence-electron chi connectivity index (χ4n) is 2.72. The van der Waals surface area contributed by atoms with Crippen molar-refractivity contribution in [3.8, 4) is 10.4 Å². The normalized spacial score (nSPS) is 10.9. The lowest BCUT2D eigenvalue weighted by atomic mass is 10.2. The van der Waals surface area contributed by atoms with Crippen molar-refractivity contribution in [1.29, 1.82) is 0 Å². The molecule has 0 aliphatic heterocycles. The average molecular weight is 363 g/mol. The van der Waals surface area contributed by atoms with E-state index in [2.05, 4.69) is 4.98 Å². The number of aromatic nitrogens is 2. The van der Waals surface area contributed by atoms with Gasteiger partial charge in [0.15, 0.2) is 0 Å². The second kappa shape index (κ2) is 6.53. The van der Waals surface area contributed by atoms with Crippen LogP contribution in [0.1, 0.15) is 5.56 Å². The molecule has 0 aliphatic carbocycles. The molecule has 2 aromatic heterocycles. The fourth-order valence-corrected chi connectivity index (χ4v) is 3.79. The third kappa shape index (κ3) is 3.00. The Morgan fingerprint density at radius 2 is 1.81 bits per heavy atom. The Hall–Kier alpha value is -3.32. The van der Waals surface area contributed by atoms with Gasteiger partial charge in [-0.25, -0.2) is 4.98 Å². The Labute approximate surface area is 152 Å². The van der Waals surface area contributed by atoms with Gasteiger partial charge in [0, 0.05) is 17.0 Å². The molecule has 2 aromatic carbocycles. The van der Waals surface area contributed by atoms with Crippen molar-refractivity contribution in [2.75, 3.05) is 0 Å². The zero-order valence-corrected chi connectivity index (χ0v) is 14.3. The maximum absolute atomic E-state index is 12.8. The molecule has 0 bridgehead atoms. The van der Waals surface area contributed by atoms with Gasteiger partial charge in [0.2, 0.25) is 0 Å². The molecule has 26 heavy (non-hydrogen) atoms. The number of nitrogens with zero attached hydrogens (tertiary/aromatic N) is 3. The van der Waals surface area contributed by atoms with Crippen molar-refractivity contribution in [1.82, 2.24) is 9.55 Å². The third-order valence-corrected chi connectivity index (χ3v) is 5.22. The molecule has 0 saturated carbocycles. The van der Waals surface area contributed by atoms with Gasteiger partial charge in [-0.2, -0.15) is 0 Å². The van der Waals surface area contributed by atoms with Crippen LogP contribution < -0.4 is 5.56 Å². The van der Waals surface area contributed by atoms with Gasteiger partial charge in [0.25, 0.3) is 11.2 Å². The van der Waals surface area contributed by atoms with Gasteiger partial charge in [-0.3, -0.25) is 19.5 Å². The minimum absolute atomic E-state index is 0.0282. The van der Waals surface area contributed by atoms with E-state index in [9.17, 15) is 14.9 Å². The van der Waals surface area contributed by atoms with Crippen LogP contribution in [0, 0.1) is 10.1 Å². The molecule has 4 aromatic rings. The van der Waals surface area contributed by atoms with Crippen LogP contribution in [0.3, 0.4) is 0 Å². The molecule has 0 N–H and O–H groups in total. The highest BCUT2D eigenvalue weighted by Crippen LogP contribution is 2.30. The number of rotatable bonds is 4. The molecule has 4 rings (SSSR count). The molecule has 0 fully saturated rings. The van der Waals surface area contributed by atoms with Crippen LogP contribution in [0.15, 0.2) is 71.8 Å². The zero-order chi connectivity index (χ0) is 18.1. The fraction of sp³-hybridized carbons (Fsp3) is 0.0526. The van der Waals surface area contributed by atoms with Gasteiger partial charge < -0.3 is 0 Å². The summed E-state index contributed by atoms with van der Waals surface area (Å²) in [4.78, 5) is 28.5. The first-order valence-corrected chi connectivity index (χ1v) is 8.71. The highest BCUT2D eigenvalue weighted by atomic mass is 32.1. The van der Waals surface area contributed by atoms with Crippen molar-refractivity contribution in [2.24, 2.45) is 0 Å². The summed E-state index contributed by atoms with van der Waals surface area (Å²) in [6.07, 6.45) is 1.52. The Morgan fingerprint density at radius 3 is 2.50 bits per heavy atom. The largest absolute Gasteiger partial charge is 0.294 e. The first-order valence-electron chi connectivity index (χ1n) is 7.89. The summed E-state index contributed by atoms with van der Waals surface area (Å²) in [5, 5.41) is 10.7. The quantitative estimate of drug-likeness (QED) is 0.404. The predicted molar refractivity (Wildman–Crippen MR) is 102 cm³/mol. The minimum Gasteiger partial charge on any atom is -0.294 e. The summed E-state index contributed by atoms with van der Waals surface area (Å²) < 4.78 is 2.13. The molecular formula is C19H13N3O3S. The van der Waals surface area contributed by atoms with E-state index in [0.29, 0.717) is 16.8 Å². The topological polar surface area (TPSA) is 78.0 Å². The van der Waals surface area contributed by atoms with Crippen molar-refractivity contribution < 1.29 is 4.92 Å². The monoisotopic (exact) mass is 363 g/mol. The maximum Gasteiger partial charge on any atom is 0.271 e. The second-order valence-electron chi connectivity index (χ2n) is 5.79. The second-order valence-corrected chi connectivity index (χ2v) is 6.84. The predicted octanol–water partition coefficient (Wildman–Crippen LogP) is 4.08. The van der Waals surface area contributed by atoms with Gasteiger partial charge in [-0.1, -0.05) is 42.5 Å². The molecule has 128 valence electrons. The van der Waals surface area contributed by atoms with E-state index in [1.165, 1.54) is 34.4 Å². The van der Waals surface area contributed by atoms with Gasteiger partial charge in [0.05, 0.1) is 23.3 Å². The summed E-state index contributed by atoms with van der Waals surface area (Å²) in [6.45, 7) is 0.318. The van der Waals surface area contributed by atoms with E-state index >= 15 is 0 Å². The Bertz CT molecular complexity index is 1150. The van der Waals surface area contributed by atoms with E-state index in [4.69, 9.17) is 0 Å². The average Bonchev–Trinajstić information content (AvgIpc) is 3.10. The van der Waals surface area contributed by atoms with E-state index in [-0.39, 0.29) is 11.2 Å². The summed E-state index contributed by atoms with van der Waals surface area (Å²) in [6, 6.07) is 18.0. The highest BCUT2D eigenvalue weighted by molar-refractivity contribution is 7.22.